The second kappa shape index (κ2) is 8.14. The van der Waals surface area contributed by atoms with Gasteiger partial charge in [-0.2, -0.15) is 5.26 Å². The van der Waals surface area contributed by atoms with Crippen molar-refractivity contribution in [2.24, 2.45) is 0 Å². The predicted octanol–water partition coefficient (Wildman–Crippen LogP) is 4.07. The molecule has 3 rings (SSSR count). The Morgan fingerprint density at radius 1 is 0.929 bits per heavy atom. The van der Waals surface area contributed by atoms with Crippen molar-refractivity contribution < 1.29 is 9.59 Å². The Morgan fingerprint density at radius 2 is 1.64 bits per heavy atom. The maximum Gasteiger partial charge on any atom is 0.274 e. The number of pyridine rings is 1. The summed E-state index contributed by atoms with van der Waals surface area (Å²) in [5.74, 6) is -0.780. The highest BCUT2D eigenvalue weighted by atomic mass is 16.2. The molecule has 1 heterocycles. The summed E-state index contributed by atoms with van der Waals surface area (Å²) >= 11 is 0. The van der Waals surface area contributed by atoms with Crippen LogP contribution < -0.4 is 10.6 Å². The fourth-order valence-corrected chi connectivity index (χ4v) is 2.75. The number of para-hydroxylation sites is 1. The van der Waals surface area contributed by atoms with Gasteiger partial charge in [0.1, 0.15) is 5.69 Å². The van der Waals surface area contributed by atoms with E-state index in [1.165, 1.54) is 12.3 Å². The van der Waals surface area contributed by atoms with Gasteiger partial charge in [0.15, 0.2) is 0 Å². The topological polar surface area (TPSA) is 94.9 Å². The second-order valence-corrected chi connectivity index (χ2v) is 6.30. The third-order valence-electron chi connectivity index (χ3n) is 4.22. The molecule has 0 aliphatic heterocycles. The molecule has 0 aliphatic rings. The molecule has 0 spiro atoms. The molecule has 2 N–H and O–H groups in total. The first-order chi connectivity index (χ1) is 13.5. The van der Waals surface area contributed by atoms with Crippen molar-refractivity contribution in [2.45, 2.75) is 13.8 Å². The number of rotatable bonds is 4. The van der Waals surface area contributed by atoms with Crippen LogP contribution in [-0.2, 0) is 0 Å². The number of hydrogen-bond donors (Lipinski definition) is 2. The van der Waals surface area contributed by atoms with Crippen LogP contribution in [0.4, 0.5) is 11.4 Å². The molecule has 3 aromatic rings. The van der Waals surface area contributed by atoms with Gasteiger partial charge in [-0.1, -0.05) is 24.3 Å². The third kappa shape index (κ3) is 4.22. The van der Waals surface area contributed by atoms with Crippen LogP contribution in [0.5, 0.6) is 0 Å². The monoisotopic (exact) mass is 370 g/mol. The number of nitriles is 1. The predicted molar refractivity (Wildman–Crippen MR) is 107 cm³/mol. The van der Waals surface area contributed by atoms with Gasteiger partial charge in [-0.15, -0.1) is 0 Å². The molecule has 138 valence electrons. The number of carbonyl (C=O) groups is 2. The van der Waals surface area contributed by atoms with Crippen LogP contribution in [0.2, 0.25) is 0 Å². The van der Waals surface area contributed by atoms with E-state index in [9.17, 15) is 9.59 Å². The van der Waals surface area contributed by atoms with Gasteiger partial charge in [-0.3, -0.25) is 14.6 Å². The van der Waals surface area contributed by atoms with Crippen LogP contribution in [0.3, 0.4) is 0 Å². The van der Waals surface area contributed by atoms with Gasteiger partial charge in [-0.25, -0.2) is 0 Å². The minimum Gasteiger partial charge on any atom is -0.322 e. The van der Waals surface area contributed by atoms with Crippen LogP contribution in [-0.4, -0.2) is 16.8 Å². The summed E-state index contributed by atoms with van der Waals surface area (Å²) in [5, 5.41) is 14.5. The summed E-state index contributed by atoms with van der Waals surface area (Å²) < 4.78 is 0. The molecule has 0 bridgehead atoms. The summed E-state index contributed by atoms with van der Waals surface area (Å²) in [6.45, 7) is 3.84. The molecule has 6 nitrogen and oxygen atoms in total. The molecular weight excluding hydrogens is 352 g/mol. The first-order valence-electron chi connectivity index (χ1n) is 8.63. The summed E-state index contributed by atoms with van der Waals surface area (Å²) in [5.41, 5.74) is 4.02. The summed E-state index contributed by atoms with van der Waals surface area (Å²) in [6.07, 6.45) is 1.42. The highest BCUT2D eigenvalue weighted by Crippen LogP contribution is 2.20. The number of hydrogen-bond acceptors (Lipinski definition) is 4. The lowest BCUT2D eigenvalue weighted by Gasteiger charge is -2.12. The molecule has 0 saturated carbocycles. The lowest BCUT2D eigenvalue weighted by Crippen LogP contribution is -2.17. The maximum absolute atomic E-state index is 12.6. The summed E-state index contributed by atoms with van der Waals surface area (Å²) in [6, 6.07) is 17.3. The van der Waals surface area contributed by atoms with E-state index >= 15 is 0 Å². The van der Waals surface area contributed by atoms with E-state index in [2.05, 4.69) is 15.6 Å². The molecule has 0 unspecified atom stereocenters. The molecule has 6 heteroatoms. The van der Waals surface area contributed by atoms with Gasteiger partial charge in [0.2, 0.25) is 0 Å². The van der Waals surface area contributed by atoms with Crippen LogP contribution in [0.1, 0.15) is 37.5 Å². The molecule has 28 heavy (non-hydrogen) atoms. The fraction of sp³-hybridized carbons (Fsp3) is 0.0909. The first kappa shape index (κ1) is 18.8. The number of anilines is 2. The molecule has 0 radical (unpaired) electrons. The van der Waals surface area contributed by atoms with E-state index in [0.29, 0.717) is 16.8 Å². The average Bonchev–Trinajstić information content (AvgIpc) is 2.71. The van der Waals surface area contributed by atoms with Gasteiger partial charge < -0.3 is 10.6 Å². The number of amides is 2. The Hall–Kier alpha value is -3.98. The lowest BCUT2D eigenvalue weighted by molar-refractivity contribution is 0.102. The molecule has 1 aromatic heterocycles. The van der Waals surface area contributed by atoms with Gasteiger partial charge in [0.05, 0.1) is 11.6 Å². The Labute approximate surface area is 162 Å². The Balaban J connectivity index is 1.78. The smallest absolute Gasteiger partial charge is 0.274 e. The zero-order valence-corrected chi connectivity index (χ0v) is 15.5. The van der Waals surface area contributed by atoms with Crippen molar-refractivity contribution in [3.8, 4) is 6.07 Å². The van der Waals surface area contributed by atoms with Crippen molar-refractivity contribution in [2.75, 3.05) is 10.6 Å². The minimum absolute atomic E-state index is 0.108. The molecule has 0 fully saturated rings. The van der Waals surface area contributed by atoms with Gasteiger partial charge in [-0.05, 0) is 55.3 Å². The molecule has 2 amide bonds. The molecule has 0 saturated heterocycles. The normalized spacial score (nSPS) is 10.0. The Morgan fingerprint density at radius 3 is 2.36 bits per heavy atom. The largest absolute Gasteiger partial charge is 0.322 e. The lowest BCUT2D eigenvalue weighted by atomic mass is 10.1. The van der Waals surface area contributed by atoms with Crippen molar-refractivity contribution in [3.63, 3.8) is 0 Å². The number of nitrogens with one attached hydrogen (secondary N) is 2. The van der Waals surface area contributed by atoms with Crippen LogP contribution in [0.15, 0.2) is 60.8 Å². The number of carbonyl (C=O) groups excluding carboxylic acids is 2. The highest BCUT2D eigenvalue weighted by Gasteiger charge is 2.14. The number of aryl methyl sites for hydroxylation is 2. The van der Waals surface area contributed by atoms with E-state index in [1.807, 2.05) is 38.1 Å². The van der Waals surface area contributed by atoms with Crippen molar-refractivity contribution >= 4 is 23.2 Å². The first-order valence-corrected chi connectivity index (χ1v) is 8.63. The minimum atomic E-state index is -0.461. The number of aromatic nitrogens is 1. The van der Waals surface area contributed by atoms with Crippen molar-refractivity contribution in [1.29, 1.82) is 5.26 Å². The molecule has 0 aliphatic carbocycles. The maximum atomic E-state index is 12.6. The van der Waals surface area contributed by atoms with E-state index < -0.39 is 5.91 Å². The molecular formula is C22H18N4O2. The van der Waals surface area contributed by atoms with Crippen molar-refractivity contribution in [3.05, 3.63) is 88.7 Å². The Bertz CT molecular complexity index is 1080. The number of benzene rings is 2. The third-order valence-corrected chi connectivity index (χ3v) is 4.22. The fourth-order valence-electron chi connectivity index (χ4n) is 2.75. The van der Waals surface area contributed by atoms with E-state index in [1.54, 1.807) is 30.3 Å². The average molecular weight is 370 g/mol. The van der Waals surface area contributed by atoms with Gasteiger partial charge in [0, 0.05) is 23.1 Å². The van der Waals surface area contributed by atoms with E-state index in [-0.39, 0.29) is 11.6 Å². The number of nitrogens with zero attached hydrogens (tertiary/aromatic N) is 2. The standard InChI is InChI=1S/C22H18N4O2/c1-14-5-3-6-15(2)20(14)26-21(27)17-9-10-24-19(12-17)22(28)25-18-8-4-7-16(11-18)13-23/h3-12H,1-2H3,(H,25,28)(H,26,27). The second-order valence-electron chi connectivity index (χ2n) is 6.30. The SMILES string of the molecule is Cc1cccc(C)c1NC(=O)c1ccnc(C(=O)Nc2cccc(C#N)c2)c1. The van der Waals surface area contributed by atoms with Crippen LogP contribution in [0, 0.1) is 25.2 Å². The van der Waals surface area contributed by atoms with Crippen LogP contribution in [0.25, 0.3) is 0 Å². The molecule has 2 aromatic carbocycles. The van der Waals surface area contributed by atoms with E-state index in [4.69, 9.17) is 5.26 Å². The summed E-state index contributed by atoms with van der Waals surface area (Å²) in [4.78, 5) is 29.1. The zero-order valence-electron chi connectivity index (χ0n) is 15.5. The van der Waals surface area contributed by atoms with Gasteiger partial charge in [0.25, 0.3) is 11.8 Å². The zero-order chi connectivity index (χ0) is 20.1. The van der Waals surface area contributed by atoms with Crippen molar-refractivity contribution in [1.82, 2.24) is 4.98 Å². The molecule has 0 atom stereocenters. The Kier molecular flexibility index (Phi) is 5.47. The highest BCUT2D eigenvalue weighted by molar-refractivity contribution is 6.08. The summed E-state index contributed by atoms with van der Waals surface area (Å²) in [7, 11) is 0. The van der Waals surface area contributed by atoms with Gasteiger partial charge >= 0.3 is 0 Å². The quantitative estimate of drug-likeness (QED) is 0.723. The van der Waals surface area contributed by atoms with E-state index in [0.717, 1.165) is 16.8 Å². The van der Waals surface area contributed by atoms with Crippen LogP contribution >= 0.6 is 0 Å².